The fourth-order valence-electron chi connectivity index (χ4n) is 1.63. The van der Waals surface area contributed by atoms with E-state index in [2.05, 4.69) is 12.2 Å². The number of methoxy groups -OCH3 is 1. The molecule has 0 aliphatic heterocycles. The van der Waals surface area contributed by atoms with Crippen molar-refractivity contribution in [3.8, 4) is 0 Å². The summed E-state index contributed by atoms with van der Waals surface area (Å²) in [4.78, 5) is 11.2. The van der Waals surface area contributed by atoms with Gasteiger partial charge in [-0.1, -0.05) is 6.92 Å². The van der Waals surface area contributed by atoms with Crippen LogP contribution in [-0.2, 0) is 4.74 Å². The minimum atomic E-state index is -0.0122. The van der Waals surface area contributed by atoms with Crippen molar-refractivity contribution in [2.24, 2.45) is 5.92 Å². The summed E-state index contributed by atoms with van der Waals surface area (Å²) >= 11 is 0. The van der Waals surface area contributed by atoms with Gasteiger partial charge in [0.25, 0.3) is 0 Å². The monoisotopic (exact) mass is 236 g/mol. The average molecular weight is 236 g/mol. The minimum absolute atomic E-state index is 0.0122. The van der Waals surface area contributed by atoms with E-state index in [1.165, 1.54) is 6.92 Å². The van der Waals surface area contributed by atoms with Crippen molar-refractivity contribution >= 4 is 17.2 Å². The maximum absolute atomic E-state index is 11.2. The van der Waals surface area contributed by atoms with Crippen molar-refractivity contribution in [2.45, 2.75) is 13.8 Å². The number of hydrogen-bond acceptors (Lipinski definition) is 4. The average Bonchev–Trinajstić information content (AvgIpc) is 2.26. The lowest BCUT2D eigenvalue weighted by Crippen LogP contribution is -2.16. The number of anilines is 2. The van der Waals surface area contributed by atoms with Gasteiger partial charge >= 0.3 is 0 Å². The van der Waals surface area contributed by atoms with Gasteiger partial charge in [-0.25, -0.2) is 0 Å². The molecule has 4 heteroatoms. The van der Waals surface area contributed by atoms with E-state index in [1.54, 1.807) is 19.2 Å². The van der Waals surface area contributed by atoms with Crippen molar-refractivity contribution in [1.29, 1.82) is 0 Å². The third kappa shape index (κ3) is 4.07. The third-order valence-electron chi connectivity index (χ3n) is 2.54. The number of nitrogens with two attached hydrogens (primary N) is 1. The molecular weight excluding hydrogens is 216 g/mol. The van der Waals surface area contributed by atoms with Gasteiger partial charge in [0.2, 0.25) is 0 Å². The van der Waals surface area contributed by atoms with E-state index in [9.17, 15) is 4.79 Å². The summed E-state index contributed by atoms with van der Waals surface area (Å²) in [6, 6.07) is 5.41. The Bertz CT molecular complexity index is 391. The van der Waals surface area contributed by atoms with Gasteiger partial charge in [0, 0.05) is 30.6 Å². The van der Waals surface area contributed by atoms with Gasteiger partial charge in [0.15, 0.2) is 5.78 Å². The van der Waals surface area contributed by atoms with Crippen LogP contribution in [0, 0.1) is 5.92 Å². The van der Waals surface area contributed by atoms with Crippen LogP contribution in [0.1, 0.15) is 24.2 Å². The normalized spacial score (nSPS) is 12.2. The van der Waals surface area contributed by atoms with Crippen LogP contribution in [0.3, 0.4) is 0 Å². The molecule has 0 heterocycles. The van der Waals surface area contributed by atoms with Crippen molar-refractivity contribution in [3.05, 3.63) is 23.8 Å². The van der Waals surface area contributed by atoms with Gasteiger partial charge in [-0.3, -0.25) is 4.79 Å². The standard InChI is InChI=1S/C13H20N2O2/c1-9(8-17-3)7-15-11-4-5-12(10(2)16)13(14)6-11/h4-6,9,15H,7-8,14H2,1-3H3. The number of nitrogens with one attached hydrogen (secondary N) is 1. The Kier molecular flexibility index (Phi) is 4.97. The molecule has 0 aliphatic rings. The van der Waals surface area contributed by atoms with Crippen molar-refractivity contribution in [2.75, 3.05) is 31.3 Å². The Hall–Kier alpha value is -1.55. The van der Waals surface area contributed by atoms with Crippen LogP contribution in [0.2, 0.25) is 0 Å². The van der Waals surface area contributed by atoms with Crippen LogP contribution >= 0.6 is 0 Å². The van der Waals surface area contributed by atoms with E-state index in [0.717, 1.165) is 12.2 Å². The van der Waals surface area contributed by atoms with Gasteiger partial charge in [0.05, 0.1) is 6.61 Å². The molecule has 94 valence electrons. The Morgan fingerprint density at radius 3 is 2.76 bits per heavy atom. The maximum Gasteiger partial charge on any atom is 0.161 e. The molecule has 3 N–H and O–H groups in total. The minimum Gasteiger partial charge on any atom is -0.398 e. The molecule has 1 rings (SSSR count). The number of hydrogen-bond donors (Lipinski definition) is 2. The number of carbonyl (C=O) groups is 1. The summed E-state index contributed by atoms with van der Waals surface area (Å²) in [7, 11) is 1.69. The molecule has 0 aromatic heterocycles. The molecule has 4 nitrogen and oxygen atoms in total. The molecule has 0 bridgehead atoms. The molecule has 1 atom stereocenters. The number of Topliss-reactive ketones (excluding diaryl/α,β-unsaturated/α-hetero) is 1. The van der Waals surface area contributed by atoms with Crippen LogP contribution in [0.25, 0.3) is 0 Å². The van der Waals surface area contributed by atoms with Gasteiger partial charge < -0.3 is 15.8 Å². The van der Waals surface area contributed by atoms with E-state index >= 15 is 0 Å². The van der Waals surface area contributed by atoms with Crippen LogP contribution in [-0.4, -0.2) is 26.0 Å². The Labute approximate surface area is 102 Å². The highest BCUT2D eigenvalue weighted by molar-refractivity contribution is 5.99. The lowest BCUT2D eigenvalue weighted by molar-refractivity contribution is 0.101. The molecule has 0 spiro atoms. The molecule has 1 unspecified atom stereocenters. The maximum atomic E-state index is 11.2. The molecule has 0 saturated carbocycles. The number of ketones is 1. The second-order valence-corrected chi connectivity index (χ2v) is 4.30. The molecule has 0 fully saturated rings. The van der Waals surface area contributed by atoms with Crippen LogP contribution in [0.5, 0.6) is 0 Å². The van der Waals surface area contributed by atoms with E-state index < -0.39 is 0 Å². The van der Waals surface area contributed by atoms with E-state index in [1.807, 2.05) is 6.07 Å². The summed E-state index contributed by atoms with van der Waals surface area (Å²) in [6.07, 6.45) is 0. The topological polar surface area (TPSA) is 64.3 Å². The number of carbonyl (C=O) groups excluding carboxylic acids is 1. The van der Waals surface area contributed by atoms with E-state index in [0.29, 0.717) is 23.8 Å². The van der Waals surface area contributed by atoms with E-state index in [4.69, 9.17) is 10.5 Å². The number of nitrogen functional groups attached to an aromatic ring is 1. The Morgan fingerprint density at radius 1 is 1.53 bits per heavy atom. The van der Waals surface area contributed by atoms with Crippen LogP contribution < -0.4 is 11.1 Å². The largest absolute Gasteiger partial charge is 0.398 e. The number of benzene rings is 1. The Morgan fingerprint density at radius 2 is 2.24 bits per heavy atom. The smallest absolute Gasteiger partial charge is 0.161 e. The molecule has 1 aromatic carbocycles. The lowest BCUT2D eigenvalue weighted by Gasteiger charge is -2.13. The zero-order valence-electron chi connectivity index (χ0n) is 10.6. The SMILES string of the molecule is COCC(C)CNc1ccc(C(C)=O)c(N)c1. The van der Waals surface area contributed by atoms with Gasteiger partial charge in [-0.05, 0) is 31.0 Å². The first-order valence-electron chi connectivity index (χ1n) is 5.68. The third-order valence-corrected chi connectivity index (χ3v) is 2.54. The molecule has 0 radical (unpaired) electrons. The molecule has 0 aliphatic carbocycles. The molecule has 17 heavy (non-hydrogen) atoms. The van der Waals surface area contributed by atoms with Crippen molar-refractivity contribution < 1.29 is 9.53 Å². The highest BCUT2D eigenvalue weighted by atomic mass is 16.5. The second-order valence-electron chi connectivity index (χ2n) is 4.30. The molecule has 1 aromatic rings. The fourth-order valence-corrected chi connectivity index (χ4v) is 1.63. The van der Waals surface area contributed by atoms with Crippen molar-refractivity contribution in [3.63, 3.8) is 0 Å². The summed E-state index contributed by atoms with van der Waals surface area (Å²) in [5, 5.41) is 3.26. The summed E-state index contributed by atoms with van der Waals surface area (Å²) in [5.74, 6) is 0.413. The molecular formula is C13H20N2O2. The lowest BCUT2D eigenvalue weighted by atomic mass is 10.1. The van der Waals surface area contributed by atoms with E-state index in [-0.39, 0.29) is 5.78 Å². The quantitative estimate of drug-likeness (QED) is 0.587. The number of rotatable bonds is 6. The predicted molar refractivity (Wildman–Crippen MR) is 70.4 cm³/mol. The fraction of sp³-hybridized carbons (Fsp3) is 0.462. The van der Waals surface area contributed by atoms with Crippen LogP contribution in [0.4, 0.5) is 11.4 Å². The summed E-state index contributed by atoms with van der Waals surface area (Å²) in [5.41, 5.74) is 7.81. The van der Waals surface area contributed by atoms with Crippen molar-refractivity contribution in [1.82, 2.24) is 0 Å². The predicted octanol–water partition coefficient (Wildman–Crippen LogP) is 2.17. The second kappa shape index (κ2) is 6.25. The first-order chi connectivity index (χ1) is 8.04. The number of ether oxygens (including phenoxy) is 1. The zero-order chi connectivity index (χ0) is 12.8. The zero-order valence-corrected chi connectivity index (χ0v) is 10.6. The summed E-state index contributed by atoms with van der Waals surface area (Å²) in [6.45, 7) is 5.14. The summed E-state index contributed by atoms with van der Waals surface area (Å²) < 4.78 is 5.06. The van der Waals surface area contributed by atoms with Gasteiger partial charge in [-0.2, -0.15) is 0 Å². The highest BCUT2D eigenvalue weighted by Crippen LogP contribution is 2.18. The van der Waals surface area contributed by atoms with Gasteiger partial charge in [-0.15, -0.1) is 0 Å². The van der Waals surface area contributed by atoms with Crippen LogP contribution in [0.15, 0.2) is 18.2 Å². The van der Waals surface area contributed by atoms with Gasteiger partial charge in [0.1, 0.15) is 0 Å². The molecule has 0 amide bonds. The first kappa shape index (κ1) is 13.5. The highest BCUT2D eigenvalue weighted by Gasteiger charge is 2.06. The molecule has 0 saturated heterocycles. The first-order valence-corrected chi connectivity index (χ1v) is 5.68. The Balaban J connectivity index is 2.62.